The Labute approximate surface area is 477 Å². The molecular weight excluding hydrogens is 1070 g/mol. The normalized spacial score (nSPS) is 15.3. The van der Waals surface area contributed by atoms with Gasteiger partial charge in [0, 0.05) is 98.2 Å². The van der Waals surface area contributed by atoms with E-state index in [-0.39, 0.29) is 116 Å². The van der Waals surface area contributed by atoms with Gasteiger partial charge in [-0.3, -0.25) is 58.0 Å². The van der Waals surface area contributed by atoms with E-state index < -0.39 is 84.2 Å². The van der Waals surface area contributed by atoms with E-state index >= 15 is 0 Å². The van der Waals surface area contributed by atoms with Gasteiger partial charge in [0.25, 0.3) is 0 Å². The van der Waals surface area contributed by atoms with Crippen LogP contribution in [0.1, 0.15) is 81.8 Å². The van der Waals surface area contributed by atoms with Crippen molar-refractivity contribution < 1.29 is 78.3 Å². The number of carboxylic acids is 5. The summed E-state index contributed by atoms with van der Waals surface area (Å²) in [7, 11) is 1.51. The first kappa shape index (κ1) is 68.5. The number of amides is 7. The minimum atomic E-state index is -1.52. The third kappa shape index (κ3) is 30.2. The monoisotopic (exact) mass is 1150 g/mol. The predicted molar refractivity (Wildman–Crippen MR) is 298 cm³/mol. The molecule has 0 radical (unpaired) electrons. The molecule has 0 saturated carbocycles. The van der Waals surface area contributed by atoms with Crippen molar-refractivity contribution in [3.63, 3.8) is 0 Å². The van der Waals surface area contributed by atoms with E-state index in [1.165, 1.54) is 7.05 Å². The number of nitrogens with zero attached hydrogens (tertiary/aromatic N) is 4. The number of nitrogens with one attached hydrogen (secondary N) is 7. The van der Waals surface area contributed by atoms with E-state index in [9.17, 15) is 73.2 Å². The van der Waals surface area contributed by atoms with E-state index in [1.807, 2.05) is 53.4 Å². The number of carbonyl (C=O) groups excluding carboxylic acids is 6. The predicted octanol–water partition coefficient (Wildman–Crippen LogP) is -0.608. The summed E-state index contributed by atoms with van der Waals surface area (Å²) < 4.78 is 0. The van der Waals surface area contributed by atoms with E-state index in [0.717, 1.165) is 30.4 Å². The van der Waals surface area contributed by atoms with Crippen LogP contribution in [0.15, 0.2) is 60.7 Å². The maximum atomic E-state index is 14.3. The number of unbranched alkanes of at least 4 members (excludes halogenated alkanes) is 5. The van der Waals surface area contributed by atoms with Crippen LogP contribution in [-0.4, -0.2) is 233 Å². The molecule has 0 aliphatic carbocycles. The number of rotatable bonds is 36. The summed E-state index contributed by atoms with van der Waals surface area (Å²) in [5.74, 6) is -8.13. The van der Waals surface area contributed by atoms with Gasteiger partial charge < -0.3 is 62.8 Å². The van der Waals surface area contributed by atoms with Crippen molar-refractivity contribution >= 4 is 65.4 Å². The van der Waals surface area contributed by atoms with Crippen molar-refractivity contribution in [2.24, 2.45) is 0 Å². The molecule has 0 aromatic heterocycles. The Kier molecular flexibility index (Phi) is 32.4. The van der Waals surface area contributed by atoms with Crippen molar-refractivity contribution in [3.8, 4) is 0 Å². The van der Waals surface area contributed by atoms with Gasteiger partial charge >= 0.3 is 35.9 Å². The standard InChI is InChI=1S/C55H83N11O16/c1-56-46(68)35-63-25-29-65(37-49(72)73)31-27-64(28-32-66(30-26-63)38-50(74)75)36-47(69)59-44(34-40-17-9-6-10-18-40)52(77)60-43(33-39-15-7-5-8-16-39)51(76)58-24-13-4-2-3-11-20-45(67)57-23-14-12-19-41(53(78)79)61-55(82)62-42(54(80)81)21-22-48(70)71/h5-10,15-18,41-44H,2-4,11-14,19-38H2,1H3,(H,56,68)(H,57,67)(H,58,76)(H,59,69)(H,60,77)(H,70,71)(H,72,73)(H,74,75)(H,78,79)(H,80,81)(H2,61,62,82). The molecule has 2 aromatic carbocycles. The summed E-state index contributed by atoms with van der Waals surface area (Å²) >= 11 is 0. The Morgan fingerprint density at radius 1 is 0.415 bits per heavy atom. The largest absolute Gasteiger partial charge is 0.481 e. The second-order valence-electron chi connectivity index (χ2n) is 20.1. The highest BCUT2D eigenvalue weighted by molar-refractivity contribution is 5.93. The summed E-state index contributed by atoms with van der Waals surface area (Å²) in [6, 6.07) is 12.1. The van der Waals surface area contributed by atoms with Crippen molar-refractivity contribution in [1.82, 2.24) is 56.8 Å². The first-order valence-corrected chi connectivity index (χ1v) is 27.7. The van der Waals surface area contributed by atoms with Crippen LogP contribution in [0.2, 0.25) is 0 Å². The fraction of sp³-hybridized carbons (Fsp3) is 0.582. The zero-order valence-electron chi connectivity index (χ0n) is 46.7. The number of benzene rings is 2. The molecule has 1 fully saturated rings. The molecule has 27 nitrogen and oxygen atoms in total. The Morgan fingerprint density at radius 3 is 1.32 bits per heavy atom. The molecular formula is C55H83N11O16. The lowest BCUT2D eigenvalue weighted by Crippen LogP contribution is -2.56. The topological polar surface area (TPSA) is 386 Å². The average molecular weight is 1150 g/mol. The van der Waals surface area contributed by atoms with Gasteiger partial charge in [0.1, 0.15) is 24.2 Å². The van der Waals surface area contributed by atoms with Crippen LogP contribution in [-0.2, 0) is 60.8 Å². The summed E-state index contributed by atoms with van der Waals surface area (Å²) in [6.45, 7) is 1.97. The van der Waals surface area contributed by atoms with E-state index in [0.29, 0.717) is 45.3 Å². The number of aliphatic carboxylic acids is 5. The molecule has 1 aliphatic rings. The Hall–Kier alpha value is -7.75. The smallest absolute Gasteiger partial charge is 0.326 e. The summed E-state index contributed by atoms with van der Waals surface area (Å²) in [5.41, 5.74) is 1.53. The maximum absolute atomic E-state index is 14.3. The molecule has 0 bridgehead atoms. The van der Waals surface area contributed by atoms with Gasteiger partial charge in [0.05, 0.1) is 26.2 Å². The molecule has 4 unspecified atom stereocenters. The third-order valence-corrected chi connectivity index (χ3v) is 13.5. The molecule has 0 spiro atoms. The van der Waals surface area contributed by atoms with Gasteiger partial charge in [-0.25, -0.2) is 14.4 Å². The summed E-state index contributed by atoms with van der Waals surface area (Å²) in [5, 5.41) is 65.3. The molecule has 12 N–H and O–H groups in total. The lowest BCUT2D eigenvalue weighted by Gasteiger charge is -2.33. The Morgan fingerprint density at radius 2 is 0.841 bits per heavy atom. The van der Waals surface area contributed by atoms with Crippen LogP contribution in [0.3, 0.4) is 0 Å². The number of hydrogen-bond acceptors (Lipinski definition) is 15. The lowest BCUT2D eigenvalue weighted by molar-refractivity contribution is -0.141. The second-order valence-corrected chi connectivity index (χ2v) is 20.1. The molecule has 27 heteroatoms. The molecule has 4 atom stereocenters. The molecule has 3 rings (SSSR count). The van der Waals surface area contributed by atoms with Crippen molar-refractivity contribution in [1.29, 1.82) is 0 Å². The summed E-state index contributed by atoms with van der Waals surface area (Å²) in [6.07, 6.45) is 3.78. The Balaban J connectivity index is 1.54. The SMILES string of the molecule is CNC(=O)CN1CCN(CC(=O)O)CCN(CC(=O)NC(Cc2ccccc2)C(=O)NC(Cc2ccccc2)C(=O)NCCCCCCCC(=O)NCCCCC(NC(=O)NC(CCC(=O)O)C(=O)O)C(=O)O)CCN(CC(=O)O)CC1. The van der Waals surface area contributed by atoms with Crippen molar-refractivity contribution in [3.05, 3.63) is 71.8 Å². The van der Waals surface area contributed by atoms with Crippen LogP contribution in [0.25, 0.3) is 0 Å². The van der Waals surface area contributed by atoms with Crippen LogP contribution < -0.4 is 37.2 Å². The summed E-state index contributed by atoms with van der Waals surface area (Å²) in [4.78, 5) is 144. The molecule has 7 amide bonds. The van der Waals surface area contributed by atoms with Gasteiger partial charge in [-0.15, -0.1) is 0 Å². The quantitative estimate of drug-likeness (QED) is 0.0379. The molecule has 1 aliphatic heterocycles. The molecule has 82 heavy (non-hydrogen) atoms. The number of likely N-dealkylation sites (N-methyl/N-ethyl adjacent to an activating group) is 1. The van der Waals surface area contributed by atoms with Gasteiger partial charge in [-0.05, 0) is 49.7 Å². The van der Waals surface area contributed by atoms with E-state index in [1.54, 1.807) is 26.8 Å². The fourth-order valence-corrected chi connectivity index (χ4v) is 8.92. The molecule has 454 valence electrons. The van der Waals surface area contributed by atoms with Gasteiger partial charge in [-0.2, -0.15) is 0 Å². The van der Waals surface area contributed by atoms with E-state index in [4.69, 9.17) is 5.11 Å². The van der Waals surface area contributed by atoms with Gasteiger partial charge in [-0.1, -0.05) is 79.9 Å². The number of carbonyl (C=O) groups is 11. The zero-order valence-corrected chi connectivity index (χ0v) is 46.7. The van der Waals surface area contributed by atoms with Gasteiger partial charge in [0.2, 0.25) is 29.5 Å². The second kappa shape index (κ2) is 38.8. The minimum Gasteiger partial charge on any atom is -0.481 e. The minimum absolute atomic E-state index is 0.00333. The maximum Gasteiger partial charge on any atom is 0.326 e. The average Bonchev–Trinajstić information content (AvgIpc) is 3.42. The number of hydrogen-bond donors (Lipinski definition) is 12. The highest BCUT2D eigenvalue weighted by atomic mass is 16.4. The highest BCUT2D eigenvalue weighted by Crippen LogP contribution is 2.11. The van der Waals surface area contributed by atoms with Crippen molar-refractivity contribution in [2.75, 3.05) is 98.7 Å². The first-order chi connectivity index (χ1) is 39.2. The molecule has 1 heterocycles. The fourth-order valence-electron chi connectivity index (χ4n) is 8.92. The lowest BCUT2D eigenvalue weighted by atomic mass is 10.0. The molecule has 2 aromatic rings. The molecule has 1 saturated heterocycles. The van der Waals surface area contributed by atoms with Crippen molar-refractivity contribution in [2.45, 2.75) is 108 Å². The van der Waals surface area contributed by atoms with Crippen LogP contribution >= 0.6 is 0 Å². The van der Waals surface area contributed by atoms with Crippen LogP contribution in [0.4, 0.5) is 4.79 Å². The zero-order chi connectivity index (χ0) is 60.2. The van der Waals surface area contributed by atoms with Crippen LogP contribution in [0, 0.1) is 0 Å². The number of urea groups is 1. The third-order valence-electron chi connectivity index (χ3n) is 13.5. The Bertz CT molecular complexity index is 2340. The highest BCUT2D eigenvalue weighted by Gasteiger charge is 2.30. The number of carboxylic acid groups (broad SMARTS) is 5. The van der Waals surface area contributed by atoms with Crippen LogP contribution in [0.5, 0.6) is 0 Å². The first-order valence-electron chi connectivity index (χ1n) is 27.7. The van der Waals surface area contributed by atoms with Gasteiger partial charge in [0.15, 0.2) is 0 Å². The van der Waals surface area contributed by atoms with E-state index in [2.05, 4.69) is 37.2 Å².